The number of aromatic nitrogens is 2. The summed E-state index contributed by atoms with van der Waals surface area (Å²) < 4.78 is 0. The molecule has 4 heteroatoms. The van der Waals surface area contributed by atoms with Gasteiger partial charge < -0.3 is 10.6 Å². The maximum atomic E-state index is 4.72. The van der Waals surface area contributed by atoms with Crippen LogP contribution in [0.25, 0.3) is 0 Å². The minimum atomic E-state index is -0.0439. The van der Waals surface area contributed by atoms with Gasteiger partial charge in [0.25, 0.3) is 0 Å². The van der Waals surface area contributed by atoms with Crippen LogP contribution in [0.15, 0.2) is 0 Å². The SMILES string of the molecule is CCCCCNc1nc(C(C)(C)C)nc(NCC)c1C. The summed E-state index contributed by atoms with van der Waals surface area (Å²) >= 11 is 0. The zero-order valence-electron chi connectivity index (χ0n) is 13.9. The summed E-state index contributed by atoms with van der Waals surface area (Å²) in [6, 6.07) is 0. The fourth-order valence-corrected chi connectivity index (χ4v) is 1.95. The molecule has 0 saturated heterocycles. The third kappa shape index (κ3) is 4.66. The molecule has 0 unspecified atom stereocenters. The predicted molar refractivity (Wildman–Crippen MR) is 87.6 cm³/mol. The summed E-state index contributed by atoms with van der Waals surface area (Å²) in [4.78, 5) is 9.40. The van der Waals surface area contributed by atoms with Crippen LogP contribution in [0.5, 0.6) is 0 Å². The molecule has 20 heavy (non-hydrogen) atoms. The molecule has 0 saturated carbocycles. The Labute approximate surface area is 123 Å². The van der Waals surface area contributed by atoms with E-state index < -0.39 is 0 Å². The molecule has 0 amide bonds. The number of rotatable bonds is 7. The van der Waals surface area contributed by atoms with Crippen LogP contribution in [0.3, 0.4) is 0 Å². The van der Waals surface area contributed by atoms with Gasteiger partial charge in [-0.2, -0.15) is 0 Å². The van der Waals surface area contributed by atoms with E-state index in [0.29, 0.717) is 0 Å². The molecular weight excluding hydrogens is 248 g/mol. The van der Waals surface area contributed by atoms with Crippen LogP contribution in [-0.2, 0) is 5.41 Å². The fourth-order valence-electron chi connectivity index (χ4n) is 1.95. The van der Waals surface area contributed by atoms with Crippen LogP contribution < -0.4 is 10.6 Å². The maximum Gasteiger partial charge on any atom is 0.138 e. The molecule has 1 heterocycles. The number of nitrogens with one attached hydrogen (secondary N) is 2. The van der Waals surface area contributed by atoms with E-state index >= 15 is 0 Å². The lowest BCUT2D eigenvalue weighted by molar-refractivity contribution is 0.546. The van der Waals surface area contributed by atoms with Gasteiger partial charge in [-0.15, -0.1) is 0 Å². The van der Waals surface area contributed by atoms with Crippen molar-refractivity contribution in [3.8, 4) is 0 Å². The van der Waals surface area contributed by atoms with E-state index in [4.69, 9.17) is 4.98 Å². The molecule has 0 fully saturated rings. The summed E-state index contributed by atoms with van der Waals surface area (Å²) in [6.07, 6.45) is 3.67. The highest BCUT2D eigenvalue weighted by molar-refractivity contribution is 5.57. The van der Waals surface area contributed by atoms with Gasteiger partial charge in [0, 0.05) is 24.1 Å². The monoisotopic (exact) mass is 278 g/mol. The average molecular weight is 278 g/mol. The second-order valence-corrected chi connectivity index (χ2v) is 6.28. The summed E-state index contributed by atoms with van der Waals surface area (Å²) in [5.41, 5.74) is 1.06. The lowest BCUT2D eigenvalue weighted by atomic mass is 9.95. The van der Waals surface area contributed by atoms with Crippen molar-refractivity contribution < 1.29 is 0 Å². The van der Waals surface area contributed by atoms with Crippen LogP contribution in [0.4, 0.5) is 11.6 Å². The van der Waals surface area contributed by atoms with E-state index in [2.05, 4.69) is 57.2 Å². The topological polar surface area (TPSA) is 49.8 Å². The Hall–Kier alpha value is -1.32. The van der Waals surface area contributed by atoms with Gasteiger partial charge in [-0.05, 0) is 20.3 Å². The number of hydrogen-bond donors (Lipinski definition) is 2. The van der Waals surface area contributed by atoms with Crippen LogP contribution in [0, 0.1) is 6.92 Å². The van der Waals surface area contributed by atoms with Crippen molar-refractivity contribution in [2.75, 3.05) is 23.7 Å². The van der Waals surface area contributed by atoms with Gasteiger partial charge in [0.05, 0.1) is 0 Å². The Balaban J connectivity index is 2.98. The molecule has 1 aromatic heterocycles. The van der Waals surface area contributed by atoms with Gasteiger partial charge in [-0.1, -0.05) is 40.5 Å². The van der Waals surface area contributed by atoms with Gasteiger partial charge in [0.2, 0.25) is 0 Å². The molecule has 0 aliphatic rings. The highest BCUT2D eigenvalue weighted by Gasteiger charge is 2.20. The molecular formula is C16H30N4. The first kappa shape index (κ1) is 16.7. The first-order valence-electron chi connectivity index (χ1n) is 7.77. The zero-order valence-corrected chi connectivity index (χ0v) is 13.9. The van der Waals surface area contributed by atoms with Gasteiger partial charge in [-0.3, -0.25) is 0 Å². The lowest BCUT2D eigenvalue weighted by Crippen LogP contribution is -2.20. The standard InChI is InChI=1S/C16H30N4/c1-7-9-10-11-18-14-12(3)13(17-8-2)19-15(20-14)16(4,5)6/h7-11H2,1-6H3,(H2,17,18,19,20). The van der Waals surface area contributed by atoms with Crippen molar-refractivity contribution in [3.05, 3.63) is 11.4 Å². The fraction of sp³-hybridized carbons (Fsp3) is 0.750. The summed E-state index contributed by atoms with van der Waals surface area (Å²) in [5, 5.41) is 6.81. The van der Waals surface area contributed by atoms with E-state index in [9.17, 15) is 0 Å². The summed E-state index contributed by atoms with van der Waals surface area (Å²) in [6.45, 7) is 14.7. The minimum Gasteiger partial charge on any atom is -0.370 e. The Kier molecular flexibility index (Phi) is 6.24. The minimum absolute atomic E-state index is 0.0439. The molecule has 0 aliphatic carbocycles. The molecule has 0 radical (unpaired) electrons. The maximum absolute atomic E-state index is 4.72. The van der Waals surface area contributed by atoms with Gasteiger partial charge in [0.1, 0.15) is 17.5 Å². The number of anilines is 2. The van der Waals surface area contributed by atoms with Crippen molar-refractivity contribution in [3.63, 3.8) is 0 Å². The Morgan fingerprint density at radius 1 is 0.950 bits per heavy atom. The summed E-state index contributed by atoms with van der Waals surface area (Å²) in [5.74, 6) is 2.81. The lowest BCUT2D eigenvalue weighted by Gasteiger charge is -2.21. The van der Waals surface area contributed by atoms with Gasteiger partial charge in [0.15, 0.2) is 0 Å². The van der Waals surface area contributed by atoms with E-state index in [1.54, 1.807) is 0 Å². The largest absolute Gasteiger partial charge is 0.370 e. The quantitative estimate of drug-likeness (QED) is 0.737. The van der Waals surface area contributed by atoms with Crippen molar-refractivity contribution in [2.24, 2.45) is 0 Å². The third-order valence-electron chi connectivity index (χ3n) is 3.23. The number of unbranched alkanes of at least 4 members (excludes halogenated alkanes) is 2. The highest BCUT2D eigenvalue weighted by atomic mass is 15.1. The van der Waals surface area contributed by atoms with Crippen LogP contribution >= 0.6 is 0 Å². The second-order valence-electron chi connectivity index (χ2n) is 6.28. The molecule has 0 aromatic carbocycles. The average Bonchev–Trinajstić information content (AvgIpc) is 2.37. The molecule has 0 bridgehead atoms. The van der Waals surface area contributed by atoms with Gasteiger partial charge in [-0.25, -0.2) is 9.97 Å². The molecule has 114 valence electrons. The van der Waals surface area contributed by atoms with Crippen molar-refractivity contribution in [1.82, 2.24) is 9.97 Å². The van der Waals surface area contributed by atoms with Crippen molar-refractivity contribution in [2.45, 2.75) is 66.2 Å². The third-order valence-corrected chi connectivity index (χ3v) is 3.23. The predicted octanol–water partition coefficient (Wildman–Crippen LogP) is 4.12. The van der Waals surface area contributed by atoms with E-state index in [1.165, 1.54) is 19.3 Å². The smallest absolute Gasteiger partial charge is 0.138 e. The van der Waals surface area contributed by atoms with E-state index in [1.807, 2.05) is 0 Å². The van der Waals surface area contributed by atoms with Crippen LogP contribution in [0.2, 0.25) is 0 Å². The molecule has 0 atom stereocenters. The molecule has 1 aromatic rings. The zero-order chi connectivity index (χ0) is 15.2. The molecule has 4 nitrogen and oxygen atoms in total. The first-order valence-corrected chi connectivity index (χ1v) is 7.77. The Morgan fingerprint density at radius 3 is 2.05 bits per heavy atom. The van der Waals surface area contributed by atoms with Crippen molar-refractivity contribution >= 4 is 11.6 Å². The summed E-state index contributed by atoms with van der Waals surface area (Å²) in [7, 11) is 0. The Bertz CT molecular complexity index is 421. The van der Waals surface area contributed by atoms with E-state index in [0.717, 1.165) is 36.1 Å². The molecule has 2 N–H and O–H groups in total. The second kappa shape index (κ2) is 7.46. The highest BCUT2D eigenvalue weighted by Crippen LogP contribution is 2.26. The normalized spacial score (nSPS) is 11.5. The molecule has 1 rings (SSSR count). The number of nitrogens with zero attached hydrogens (tertiary/aromatic N) is 2. The number of hydrogen-bond acceptors (Lipinski definition) is 4. The first-order chi connectivity index (χ1) is 9.40. The Morgan fingerprint density at radius 2 is 1.55 bits per heavy atom. The van der Waals surface area contributed by atoms with Crippen LogP contribution in [-0.4, -0.2) is 23.1 Å². The molecule has 0 spiro atoms. The molecule has 0 aliphatic heterocycles. The van der Waals surface area contributed by atoms with Gasteiger partial charge >= 0.3 is 0 Å². The van der Waals surface area contributed by atoms with E-state index in [-0.39, 0.29) is 5.41 Å². The van der Waals surface area contributed by atoms with Crippen molar-refractivity contribution in [1.29, 1.82) is 0 Å². The van der Waals surface area contributed by atoms with Crippen LogP contribution in [0.1, 0.15) is 65.3 Å².